The molecular weight excluding hydrogens is 444 g/mol. The molecule has 0 heterocycles. The van der Waals surface area contributed by atoms with Crippen LogP contribution in [0, 0.1) is 11.3 Å². The summed E-state index contributed by atoms with van der Waals surface area (Å²) < 4.78 is 16.8. The van der Waals surface area contributed by atoms with E-state index in [0.717, 1.165) is 31.2 Å². The molecule has 2 rings (SSSR count). The summed E-state index contributed by atoms with van der Waals surface area (Å²) in [6.45, 7) is 8.36. The fourth-order valence-corrected chi connectivity index (χ4v) is 4.61. The first-order valence-electron chi connectivity index (χ1n) is 12.1. The number of rotatable bonds is 12. The Hall–Kier alpha value is -3.22. The van der Waals surface area contributed by atoms with Crippen LogP contribution in [0.15, 0.2) is 36.4 Å². The Morgan fingerprint density at radius 3 is 2.11 bits per heavy atom. The van der Waals surface area contributed by atoms with Gasteiger partial charge in [-0.25, -0.2) is 0 Å². The van der Waals surface area contributed by atoms with Gasteiger partial charge in [-0.05, 0) is 42.0 Å². The summed E-state index contributed by atoms with van der Waals surface area (Å²) in [6, 6.07) is 10.4. The van der Waals surface area contributed by atoms with Crippen LogP contribution in [0.3, 0.4) is 0 Å². The molecule has 7 heteroatoms. The van der Waals surface area contributed by atoms with E-state index in [-0.39, 0.29) is 17.2 Å². The zero-order chi connectivity index (χ0) is 26.2. The van der Waals surface area contributed by atoms with Crippen molar-refractivity contribution in [3.63, 3.8) is 0 Å². The quantitative estimate of drug-likeness (QED) is 0.372. The van der Waals surface area contributed by atoms with Crippen LogP contribution in [-0.2, 0) is 4.79 Å². The maximum absolute atomic E-state index is 13.8. The van der Waals surface area contributed by atoms with Crippen molar-refractivity contribution in [2.75, 3.05) is 26.6 Å². The van der Waals surface area contributed by atoms with E-state index in [1.807, 2.05) is 12.1 Å². The minimum atomic E-state index is -0.541. The fourth-order valence-electron chi connectivity index (χ4n) is 4.61. The van der Waals surface area contributed by atoms with Gasteiger partial charge in [0.2, 0.25) is 11.8 Å². The van der Waals surface area contributed by atoms with Crippen LogP contribution in [0.4, 0.5) is 5.69 Å². The first kappa shape index (κ1) is 28.0. The number of ether oxygens (including phenoxy) is 3. The smallest absolute Gasteiger partial charge is 0.248 e. The van der Waals surface area contributed by atoms with Crippen molar-refractivity contribution in [1.82, 2.24) is 0 Å². The molecule has 2 amide bonds. The highest BCUT2D eigenvalue weighted by Gasteiger charge is 2.40. The Bertz CT molecular complexity index is 1010. The summed E-state index contributed by atoms with van der Waals surface area (Å²) in [5.74, 6) is 0.603. The molecular formula is C28H40N2O5. The molecule has 0 aromatic heterocycles. The van der Waals surface area contributed by atoms with Gasteiger partial charge in [-0.2, -0.15) is 0 Å². The molecule has 0 bridgehead atoms. The van der Waals surface area contributed by atoms with Gasteiger partial charge in [0.1, 0.15) is 5.75 Å². The van der Waals surface area contributed by atoms with Gasteiger partial charge in [-0.3, -0.25) is 9.59 Å². The van der Waals surface area contributed by atoms with E-state index in [2.05, 4.69) is 33.0 Å². The minimum Gasteiger partial charge on any atom is -0.496 e. The van der Waals surface area contributed by atoms with E-state index in [4.69, 9.17) is 19.9 Å². The van der Waals surface area contributed by atoms with Gasteiger partial charge in [-0.15, -0.1) is 0 Å². The number of carbonyl (C=O) groups excluding carboxylic acids is 2. The number of benzene rings is 2. The average Bonchev–Trinajstić information content (AvgIpc) is 2.81. The molecule has 0 saturated heterocycles. The lowest BCUT2D eigenvalue weighted by Crippen LogP contribution is -2.38. The molecule has 2 aromatic carbocycles. The van der Waals surface area contributed by atoms with Crippen LogP contribution in [0.1, 0.15) is 75.2 Å². The molecule has 0 aliphatic carbocycles. The molecule has 3 N–H and O–H groups in total. The Morgan fingerprint density at radius 2 is 1.57 bits per heavy atom. The summed E-state index contributed by atoms with van der Waals surface area (Å²) >= 11 is 0. The van der Waals surface area contributed by atoms with Crippen LogP contribution in [-0.4, -0.2) is 33.1 Å². The number of methoxy groups -OCH3 is 3. The molecule has 0 aliphatic heterocycles. The van der Waals surface area contributed by atoms with E-state index in [1.165, 1.54) is 0 Å². The summed E-state index contributed by atoms with van der Waals surface area (Å²) in [5.41, 5.74) is 6.84. The van der Waals surface area contributed by atoms with Crippen molar-refractivity contribution < 1.29 is 23.8 Å². The molecule has 0 aliphatic rings. The Morgan fingerprint density at radius 1 is 0.943 bits per heavy atom. The lowest BCUT2D eigenvalue weighted by Gasteiger charge is -2.37. The summed E-state index contributed by atoms with van der Waals surface area (Å²) in [7, 11) is 4.80. The zero-order valence-electron chi connectivity index (χ0n) is 22.1. The normalized spacial score (nSPS) is 13.0. The number of hydrogen-bond acceptors (Lipinski definition) is 5. The molecule has 0 saturated carbocycles. The molecule has 192 valence electrons. The van der Waals surface area contributed by atoms with E-state index in [1.54, 1.807) is 45.6 Å². The van der Waals surface area contributed by atoms with Crippen molar-refractivity contribution in [3.05, 3.63) is 47.5 Å². The first-order chi connectivity index (χ1) is 16.6. The van der Waals surface area contributed by atoms with Gasteiger partial charge < -0.3 is 25.3 Å². The van der Waals surface area contributed by atoms with Crippen LogP contribution >= 0.6 is 0 Å². The van der Waals surface area contributed by atoms with E-state index in [0.29, 0.717) is 28.5 Å². The molecule has 2 aromatic rings. The summed E-state index contributed by atoms with van der Waals surface area (Å²) in [5, 5.41) is 3.03. The summed E-state index contributed by atoms with van der Waals surface area (Å²) in [6.07, 6.45) is 3.90. The average molecular weight is 485 g/mol. The van der Waals surface area contributed by atoms with E-state index in [9.17, 15) is 9.59 Å². The Kier molecular flexibility index (Phi) is 9.99. The van der Waals surface area contributed by atoms with Crippen molar-refractivity contribution in [3.8, 4) is 17.2 Å². The maximum Gasteiger partial charge on any atom is 0.248 e. The second kappa shape index (κ2) is 12.5. The lowest BCUT2D eigenvalue weighted by molar-refractivity contribution is -0.124. The molecule has 35 heavy (non-hydrogen) atoms. The zero-order valence-corrected chi connectivity index (χ0v) is 22.1. The van der Waals surface area contributed by atoms with Gasteiger partial charge in [0.05, 0.1) is 27.2 Å². The SMILES string of the molecule is CCCCCC(c1cc(OC)c(OC)cc1OC)C(C(=O)Nc1cccc(C(N)=O)c1)C(C)(C)C. The van der Waals surface area contributed by atoms with E-state index < -0.39 is 11.8 Å². The van der Waals surface area contributed by atoms with Crippen LogP contribution in [0.5, 0.6) is 17.2 Å². The van der Waals surface area contributed by atoms with Crippen LogP contribution < -0.4 is 25.3 Å². The highest BCUT2D eigenvalue weighted by molar-refractivity contribution is 5.97. The van der Waals surface area contributed by atoms with Crippen molar-refractivity contribution in [1.29, 1.82) is 0 Å². The van der Waals surface area contributed by atoms with Gasteiger partial charge in [0.15, 0.2) is 11.5 Å². The lowest BCUT2D eigenvalue weighted by atomic mass is 9.68. The number of unbranched alkanes of at least 4 members (excludes halogenated alkanes) is 2. The first-order valence-corrected chi connectivity index (χ1v) is 12.1. The third-order valence-corrected chi connectivity index (χ3v) is 6.29. The fraction of sp³-hybridized carbons (Fsp3) is 0.500. The Labute approximate surface area is 209 Å². The van der Waals surface area contributed by atoms with E-state index >= 15 is 0 Å². The third kappa shape index (κ3) is 7.13. The number of anilines is 1. The van der Waals surface area contributed by atoms with Gasteiger partial charge in [-0.1, -0.05) is 53.0 Å². The largest absolute Gasteiger partial charge is 0.496 e. The Balaban J connectivity index is 2.59. The number of hydrogen-bond donors (Lipinski definition) is 2. The molecule has 2 atom stereocenters. The minimum absolute atomic E-state index is 0.127. The molecule has 0 fully saturated rings. The number of carbonyl (C=O) groups is 2. The highest BCUT2D eigenvalue weighted by atomic mass is 16.5. The second-order valence-corrected chi connectivity index (χ2v) is 9.83. The van der Waals surface area contributed by atoms with Crippen LogP contribution in [0.2, 0.25) is 0 Å². The monoisotopic (exact) mass is 484 g/mol. The van der Waals surface area contributed by atoms with Crippen molar-refractivity contribution in [2.24, 2.45) is 17.1 Å². The van der Waals surface area contributed by atoms with Gasteiger partial charge >= 0.3 is 0 Å². The standard InChI is InChI=1S/C28H40N2O5/c1-8-9-10-14-20(21-16-23(34-6)24(35-7)17-22(21)33-5)25(28(2,3)4)27(32)30-19-13-11-12-18(15-19)26(29)31/h11-13,15-17,20,25H,8-10,14H2,1-7H3,(H2,29,31)(H,30,32). The number of amides is 2. The van der Waals surface area contributed by atoms with Gasteiger partial charge in [0, 0.05) is 22.9 Å². The van der Waals surface area contributed by atoms with Crippen molar-refractivity contribution >= 4 is 17.5 Å². The number of nitrogens with one attached hydrogen (secondary N) is 1. The topological polar surface area (TPSA) is 99.9 Å². The highest BCUT2D eigenvalue weighted by Crippen LogP contribution is 2.47. The summed E-state index contributed by atoms with van der Waals surface area (Å²) in [4.78, 5) is 25.5. The predicted molar refractivity (Wildman–Crippen MR) is 140 cm³/mol. The molecule has 7 nitrogen and oxygen atoms in total. The predicted octanol–water partition coefficient (Wildman–Crippen LogP) is 5.78. The molecule has 0 spiro atoms. The number of nitrogens with two attached hydrogens (primary N) is 1. The van der Waals surface area contributed by atoms with Gasteiger partial charge in [0.25, 0.3) is 0 Å². The molecule has 2 unspecified atom stereocenters. The maximum atomic E-state index is 13.8. The number of primary amides is 1. The molecule has 0 radical (unpaired) electrons. The van der Waals surface area contributed by atoms with Crippen LogP contribution in [0.25, 0.3) is 0 Å². The second-order valence-electron chi connectivity index (χ2n) is 9.83. The third-order valence-electron chi connectivity index (χ3n) is 6.29. The van der Waals surface area contributed by atoms with Crippen molar-refractivity contribution in [2.45, 2.75) is 59.3 Å².